The molecular formula is C19H17BrClN3O3. The van der Waals surface area contributed by atoms with E-state index in [9.17, 15) is 4.79 Å². The van der Waals surface area contributed by atoms with E-state index < -0.39 is 0 Å². The van der Waals surface area contributed by atoms with Crippen LogP contribution >= 0.6 is 27.5 Å². The second-order valence-corrected chi connectivity index (χ2v) is 7.02. The van der Waals surface area contributed by atoms with Gasteiger partial charge in [0.1, 0.15) is 11.5 Å². The Morgan fingerprint density at radius 3 is 2.48 bits per heavy atom. The molecule has 0 unspecified atom stereocenters. The molecule has 0 bridgehead atoms. The molecule has 8 heteroatoms. The minimum Gasteiger partial charge on any atom is -0.495 e. The number of nitrogens with zero attached hydrogens (tertiary/aromatic N) is 2. The van der Waals surface area contributed by atoms with Crippen molar-refractivity contribution in [3.8, 4) is 11.5 Å². The number of anilines is 1. The van der Waals surface area contributed by atoms with Gasteiger partial charge in [0.05, 0.1) is 42.1 Å². The van der Waals surface area contributed by atoms with Crippen molar-refractivity contribution in [3.63, 3.8) is 0 Å². The summed E-state index contributed by atoms with van der Waals surface area (Å²) in [6, 6.07) is 10.5. The molecule has 0 saturated carbocycles. The van der Waals surface area contributed by atoms with Crippen LogP contribution in [0.4, 0.5) is 5.69 Å². The van der Waals surface area contributed by atoms with E-state index in [1.54, 1.807) is 30.5 Å². The van der Waals surface area contributed by atoms with Gasteiger partial charge in [-0.15, -0.1) is 0 Å². The number of aromatic nitrogens is 2. The molecule has 0 aliphatic rings. The predicted molar refractivity (Wildman–Crippen MR) is 108 cm³/mol. The monoisotopic (exact) mass is 449 g/mol. The Morgan fingerprint density at radius 2 is 1.89 bits per heavy atom. The molecule has 0 aliphatic heterocycles. The lowest BCUT2D eigenvalue weighted by Gasteiger charge is -2.13. The van der Waals surface area contributed by atoms with Crippen LogP contribution in [0.15, 0.2) is 53.3 Å². The smallest absolute Gasteiger partial charge is 0.255 e. The number of carbonyl (C=O) groups excluding carboxylic acids is 1. The second-order valence-electron chi connectivity index (χ2n) is 5.69. The zero-order valence-electron chi connectivity index (χ0n) is 14.7. The van der Waals surface area contributed by atoms with Gasteiger partial charge in [0.15, 0.2) is 0 Å². The molecular weight excluding hydrogens is 434 g/mol. The molecule has 1 amide bonds. The number of ether oxygens (including phenoxy) is 2. The molecule has 3 aromatic rings. The molecule has 0 aliphatic carbocycles. The number of rotatable bonds is 6. The number of carbonyl (C=O) groups is 1. The lowest BCUT2D eigenvalue weighted by atomic mass is 10.1. The number of nitrogens with one attached hydrogen (secondary N) is 1. The van der Waals surface area contributed by atoms with Gasteiger partial charge in [-0.2, -0.15) is 5.10 Å². The van der Waals surface area contributed by atoms with E-state index in [4.69, 9.17) is 21.1 Å². The molecule has 1 heterocycles. The Balaban J connectivity index is 1.74. The highest BCUT2D eigenvalue weighted by Crippen LogP contribution is 2.36. The average Bonchev–Trinajstić information content (AvgIpc) is 3.08. The highest BCUT2D eigenvalue weighted by molar-refractivity contribution is 9.10. The molecule has 140 valence electrons. The van der Waals surface area contributed by atoms with E-state index in [2.05, 4.69) is 26.3 Å². The van der Waals surface area contributed by atoms with Crippen molar-refractivity contribution in [2.45, 2.75) is 6.54 Å². The molecule has 0 saturated heterocycles. The molecule has 0 fully saturated rings. The van der Waals surface area contributed by atoms with Gasteiger partial charge >= 0.3 is 0 Å². The lowest BCUT2D eigenvalue weighted by Crippen LogP contribution is -2.13. The summed E-state index contributed by atoms with van der Waals surface area (Å²) in [5.74, 6) is 0.648. The number of hydrogen-bond donors (Lipinski definition) is 1. The molecule has 3 rings (SSSR count). The van der Waals surface area contributed by atoms with E-state index in [0.717, 1.165) is 10.0 Å². The van der Waals surface area contributed by atoms with Crippen molar-refractivity contribution in [3.05, 3.63) is 69.4 Å². The molecule has 0 spiro atoms. The summed E-state index contributed by atoms with van der Waals surface area (Å²) in [5.41, 5.74) is 2.04. The fraction of sp³-hybridized carbons (Fsp3) is 0.158. The molecule has 1 aromatic heterocycles. The molecule has 27 heavy (non-hydrogen) atoms. The Hall–Kier alpha value is -2.51. The molecule has 2 aromatic carbocycles. The van der Waals surface area contributed by atoms with Gasteiger partial charge in [-0.25, -0.2) is 0 Å². The van der Waals surface area contributed by atoms with E-state index in [1.807, 2.05) is 23.0 Å². The molecule has 6 nitrogen and oxygen atoms in total. The normalized spacial score (nSPS) is 10.5. The molecule has 0 atom stereocenters. The van der Waals surface area contributed by atoms with Crippen molar-refractivity contribution in [1.82, 2.24) is 9.78 Å². The van der Waals surface area contributed by atoms with Gasteiger partial charge in [0.25, 0.3) is 5.91 Å². The van der Waals surface area contributed by atoms with Crippen molar-refractivity contribution in [2.24, 2.45) is 0 Å². The zero-order valence-corrected chi connectivity index (χ0v) is 17.0. The first-order valence-corrected chi connectivity index (χ1v) is 9.17. The lowest BCUT2D eigenvalue weighted by molar-refractivity contribution is 0.102. The molecule has 0 radical (unpaired) electrons. The molecule has 1 N–H and O–H groups in total. The Bertz CT molecular complexity index is 957. The van der Waals surface area contributed by atoms with Crippen LogP contribution < -0.4 is 14.8 Å². The zero-order chi connectivity index (χ0) is 19.4. The third-order valence-electron chi connectivity index (χ3n) is 3.88. The quantitative estimate of drug-likeness (QED) is 0.595. The highest BCUT2D eigenvalue weighted by Gasteiger charge is 2.14. The largest absolute Gasteiger partial charge is 0.495 e. The van der Waals surface area contributed by atoms with Crippen LogP contribution in [0.5, 0.6) is 11.5 Å². The van der Waals surface area contributed by atoms with Crippen molar-refractivity contribution >= 4 is 39.1 Å². The first-order chi connectivity index (χ1) is 13.0. The van der Waals surface area contributed by atoms with Crippen molar-refractivity contribution in [2.75, 3.05) is 19.5 Å². The van der Waals surface area contributed by atoms with Crippen LogP contribution in [-0.2, 0) is 6.54 Å². The van der Waals surface area contributed by atoms with Gasteiger partial charge in [0, 0.05) is 23.9 Å². The summed E-state index contributed by atoms with van der Waals surface area (Å²) in [7, 11) is 3.02. The summed E-state index contributed by atoms with van der Waals surface area (Å²) < 4.78 is 13.2. The van der Waals surface area contributed by atoms with Gasteiger partial charge in [-0.3, -0.25) is 9.48 Å². The van der Waals surface area contributed by atoms with Crippen LogP contribution in [-0.4, -0.2) is 29.9 Å². The Morgan fingerprint density at radius 1 is 1.19 bits per heavy atom. The van der Waals surface area contributed by atoms with E-state index in [-0.39, 0.29) is 5.91 Å². The van der Waals surface area contributed by atoms with E-state index >= 15 is 0 Å². The van der Waals surface area contributed by atoms with Crippen molar-refractivity contribution in [1.29, 1.82) is 0 Å². The Kier molecular flexibility index (Phi) is 6.03. The number of benzene rings is 2. The minimum absolute atomic E-state index is 0.258. The number of hydrogen-bond acceptors (Lipinski definition) is 4. The highest BCUT2D eigenvalue weighted by atomic mass is 79.9. The van der Waals surface area contributed by atoms with Crippen molar-refractivity contribution < 1.29 is 14.3 Å². The SMILES string of the molecule is COc1cc(NC(=O)c2ccc(Cn3cc(Br)cn3)cc2)c(OC)cc1Cl. The van der Waals surface area contributed by atoms with E-state index in [0.29, 0.717) is 34.3 Å². The first kappa shape index (κ1) is 19.3. The summed E-state index contributed by atoms with van der Waals surface area (Å²) in [4.78, 5) is 12.6. The van der Waals surface area contributed by atoms with Crippen LogP contribution in [0.1, 0.15) is 15.9 Å². The van der Waals surface area contributed by atoms with Gasteiger partial charge in [-0.05, 0) is 33.6 Å². The Labute approximate surface area is 170 Å². The van der Waals surface area contributed by atoms with Crippen LogP contribution in [0.25, 0.3) is 0 Å². The standard InChI is InChI=1S/C19H17BrClN3O3/c1-26-17-8-16(18(27-2)7-15(17)21)23-19(25)13-5-3-12(4-6-13)10-24-11-14(20)9-22-24/h3-9,11H,10H2,1-2H3,(H,23,25). The van der Waals surface area contributed by atoms with Gasteiger partial charge in [-0.1, -0.05) is 23.7 Å². The maximum atomic E-state index is 12.6. The minimum atomic E-state index is -0.258. The first-order valence-electron chi connectivity index (χ1n) is 8.00. The van der Waals surface area contributed by atoms with Gasteiger partial charge in [0.2, 0.25) is 0 Å². The van der Waals surface area contributed by atoms with Gasteiger partial charge < -0.3 is 14.8 Å². The number of methoxy groups -OCH3 is 2. The maximum absolute atomic E-state index is 12.6. The fourth-order valence-corrected chi connectivity index (χ4v) is 3.08. The second kappa shape index (κ2) is 8.45. The fourth-order valence-electron chi connectivity index (χ4n) is 2.53. The van der Waals surface area contributed by atoms with Crippen LogP contribution in [0.2, 0.25) is 5.02 Å². The summed E-state index contributed by atoms with van der Waals surface area (Å²) in [6.45, 7) is 0.621. The summed E-state index contributed by atoms with van der Waals surface area (Å²) >= 11 is 9.46. The van der Waals surface area contributed by atoms with E-state index in [1.165, 1.54) is 14.2 Å². The third-order valence-corrected chi connectivity index (χ3v) is 4.59. The third kappa shape index (κ3) is 4.61. The number of halogens is 2. The summed E-state index contributed by atoms with van der Waals surface area (Å²) in [6.07, 6.45) is 3.62. The predicted octanol–water partition coefficient (Wildman–Crippen LogP) is 4.62. The average molecular weight is 451 g/mol. The van der Waals surface area contributed by atoms with Crippen LogP contribution in [0.3, 0.4) is 0 Å². The maximum Gasteiger partial charge on any atom is 0.255 e. The summed E-state index contributed by atoms with van der Waals surface area (Å²) in [5, 5.41) is 7.45. The topological polar surface area (TPSA) is 65.4 Å². The van der Waals surface area contributed by atoms with Crippen LogP contribution in [0, 0.1) is 0 Å². The number of amides is 1.